The predicted molar refractivity (Wildman–Crippen MR) is 161 cm³/mol. The molecule has 6 nitrogen and oxygen atoms in total. The Balaban J connectivity index is 1.41. The topological polar surface area (TPSA) is 80.6 Å². The van der Waals surface area contributed by atoms with Crippen molar-refractivity contribution in [3.05, 3.63) is 122 Å². The van der Waals surface area contributed by atoms with Gasteiger partial charge >= 0.3 is 0 Å². The molecule has 0 aromatic heterocycles. The van der Waals surface area contributed by atoms with E-state index in [1.54, 1.807) is 48.5 Å². The van der Waals surface area contributed by atoms with E-state index in [0.717, 1.165) is 11.1 Å². The molecule has 0 unspecified atom stereocenters. The summed E-state index contributed by atoms with van der Waals surface area (Å²) in [6, 6.07) is 27.9. The van der Waals surface area contributed by atoms with Gasteiger partial charge < -0.3 is 19.5 Å². The van der Waals surface area contributed by atoms with Crippen LogP contribution in [0.25, 0.3) is 6.08 Å². The Morgan fingerprint density at radius 3 is 2.20 bits per heavy atom. The summed E-state index contributed by atoms with van der Waals surface area (Å²) in [5.41, 5.74) is 4.27. The molecule has 0 atom stereocenters. The lowest BCUT2D eigenvalue weighted by Crippen LogP contribution is -2.13. The van der Waals surface area contributed by atoms with Crippen molar-refractivity contribution >= 4 is 45.2 Å². The summed E-state index contributed by atoms with van der Waals surface area (Å²) in [5.74, 6) is 1.09. The highest BCUT2D eigenvalue weighted by Crippen LogP contribution is 2.38. The third-order valence-corrected chi connectivity index (χ3v) is 6.70. The van der Waals surface area contributed by atoms with Gasteiger partial charge in [0.05, 0.1) is 11.6 Å². The fraction of sp³-hybridized carbons (Fsp3) is 0.125. The largest absolute Gasteiger partial charge is 0.493 e. The smallest absolute Gasteiger partial charge is 0.266 e. The number of halogens is 2. The van der Waals surface area contributed by atoms with Crippen LogP contribution in [0.3, 0.4) is 0 Å². The molecule has 0 aliphatic heterocycles. The van der Waals surface area contributed by atoms with Crippen LogP contribution in [0.1, 0.15) is 22.3 Å². The third-order valence-electron chi connectivity index (χ3n) is 5.86. The van der Waals surface area contributed by atoms with Crippen molar-refractivity contribution in [2.75, 3.05) is 12.4 Å². The second-order valence-electron chi connectivity index (χ2n) is 8.87. The van der Waals surface area contributed by atoms with Gasteiger partial charge in [-0.2, -0.15) is 5.26 Å². The number of nitrogens with zero attached hydrogens (tertiary/aromatic N) is 1. The van der Waals surface area contributed by atoms with Gasteiger partial charge in [-0.15, -0.1) is 0 Å². The second kappa shape index (κ2) is 13.7. The van der Waals surface area contributed by atoms with Crippen LogP contribution in [0.5, 0.6) is 17.2 Å². The standard InChI is InChI=1S/C32H26BrClN2O4/c1-21-3-5-22(6-4-21)19-39-28-13-11-27(12-14-28)36-32(37)25(18-35)15-24-16-29(33)31(30(17-24)38-2)40-20-23-7-9-26(34)10-8-23/h3-17H,19-20H2,1-2H3,(H,36,37)/b25-15+. The Labute approximate surface area is 246 Å². The van der Waals surface area contributed by atoms with Gasteiger partial charge in [0.2, 0.25) is 0 Å². The number of benzene rings is 4. The molecule has 0 saturated carbocycles. The number of carbonyl (C=O) groups is 1. The van der Waals surface area contributed by atoms with E-state index in [9.17, 15) is 10.1 Å². The molecule has 4 rings (SSSR count). The molecule has 0 heterocycles. The van der Waals surface area contributed by atoms with Crippen LogP contribution >= 0.6 is 27.5 Å². The highest BCUT2D eigenvalue weighted by Gasteiger charge is 2.15. The highest BCUT2D eigenvalue weighted by atomic mass is 79.9. The lowest BCUT2D eigenvalue weighted by atomic mass is 10.1. The van der Waals surface area contributed by atoms with Crippen molar-refractivity contribution in [1.82, 2.24) is 0 Å². The number of hydrogen-bond acceptors (Lipinski definition) is 5. The minimum Gasteiger partial charge on any atom is -0.493 e. The summed E-state index contributed by atoms with van der Waals surface area (Å²) in [5, 5.41) is 13.1. The summed E-state index contributed by atoms with van der Waals surface area (Å²) < 4.78 is 17.9. The van der Waals surface area contributed by atoms with Crippen LogP contribution in [-0.2, 0) is 18.0 Å². The minimum atomic E-state index is -0.533. The fourth-order valence-corrected chi connectivity index (χ4v) is 4.40. The lowest BCUT2D eigenvalue weighted by molar-refractivity contribution is -0.112. The Hall–Kier alpha value is -4.25. The van der Waals surface area contributed by atoms with Crippen molar-refractivity contribution in [1.29, 1.82) is 5.26 Å². The molecule has 0 bridgehead atoms. The number of ether oxygens (including phenoxy) is 3. The second-order valence-corrected chi connectivity index (χ2v) is 10.2. The number of anilines is 1. The van der Waals surface area contributed by atoms with E-state index >= 15 is 0 Å². The Bertz CT molecular complexity index is 1540. The number of nitriles is 1. The van der Waals surface area contributed by atoms with Crippen LogP contribution in [0.4, 0.5) is 5.69 Å². The number of methoxy groups -OCH3 is 1. The molecular formula is C32H26BrClN2O4. The predicted octanol–water partition coefficient (Wildman–Crippen LogP) is 8.12. The molecule has 4 aromatic rings. The molecule has 4 aromatic carbocycles. The van der Waals surface area contributed by atoms with Crippen LogP contribution < -0.4 is 19.5 Å². The minimum absolute atomic E-state index is 0.0662. The number of amides is 1. The average molecular weight is 618 g/mol. The van der Waals surface area contributed by atoms with Crippen molar-refractivity contribution in [3.8, 4) is 23.3 Å². The maximum Gasteiger partial charge on any atom is 0.266 e. The zero-order chi connectivity index (χ0) is 28.5. The number of carbonyl (C=O) groups excluding carboxylic acids is 1. The quantitative estimate of drug-likeness (QED) is 0.144. The number of nitrogens with one attached hydrogen (secondary N) is 1. The molecule has 1 amide bonds. The number of hydrogen-bond donors (Lipinski definition) is 1. The van der Waals surface area contributed by atoms with Gasteiger partial charge in [0.25, 0.3) is 5.91 Å². The summed E-state index contributed by atoms with van der Waals surface area (Å²) >= 11 is 9.46. The van der Waals surface area contributed by atoms with Crippen molar-refractivity contribution in [2.45, 2.75) is 20.1 Å². The SMILES string of the molecule is COc1cc(/C=C(\C#N)C(=O)Nc2ccc(OCc3ccc(C)cc3)cc2)cc(Br)c1OCc1ccc(Cl)cc1. The number of aryl methyl sites for hydroxylation is 1. The van der Waals surface area contributed by atoms with Gasteiger partial charge in [0.15, 0.2) is 11.5 Å². The number of rotatable bonds is 10. The molecule has 0 fully saturated rings. The van der Waals surface area contributed by atoms with Crippen LogP contribution in [-0.4, -0.2) is 13.0 Å². The first-order chi connectivity index (χ1) is 19.3. The monoisotopic (exact) mass is 616 g/mol. The van der Waals surface area contributed by atoms with Gasteiger partial charge in [-0.25, -0.2) is 0 Å². The van der Waals surface area contributed by atoms with E-state index in [4.69, 9.17) is 25.8 Å². The first-order valence-electron chi connectivity index (χ1n) is 12.3. The fourth-order valence-electron chi connectivity index (χ4n) is 3.70. The van der Waals surface area contributed by atoms with E-state index in [1.807, 2.05) is 49.4 Å². The first-order valence-corrected chi connectivity index (χ1v) is 13.5. The van der Waals surface area contributed by atoms with E-state index in [1.165, 1.54) is 18.7 Å². The van der Waals surface area contributed by atoms with E-state index in [2.05, 4.69) is 21.2 Å². The molecule has 0 spiro atoms. The van der Waals surface area contributed by atoms with Crippen molar-refractivity contribution < 1.29 is 19.0 Å². The van der Waals surface area contributed by atoms with Gasteiger partial charge in [0.1, 0.15) is 30.6 Å². The Morgan fingerprint density at radius 2 is 1.57 bits per heavy atom. The molecule has 0 aliphatic carbocycles. The normalized spacial score (nSPS) is 10.9. The van der Waals surface area contributed by atoms with E-state index in [0.29, 0.717) is 51.2 Å². The zero-order valence-corrected chi connectivity index (χ0v) is 24.3. The van der Waals surface area contributed by atoms with Crippen LogP contribution in [0.15, 0.2) is 95.0 Å². The lowest BCUT2D eigenvalue weighted by Gasteiger charge is -2.14. The van der Waals surface area contributed by atoms with Gasteiger partial charge in [-0.05, 0) is 94.2 Å². The molecule has 0 aliphatic rings. The summed E-state index contributed by atoms with van der Waals surface area (Å²) in [7, 11) is 1.52. The molecule has 202 valence electrons. The van der Waals surface area contributed by atoms with Crippen LogP contribution in [0, 0.1) is 18.3 Å². The molecule has 8 heteroatoms. The zero-order valence-electron chi connectivity index (χ0n) is 21.9. The molecule has 0 saturated heterocycles. The maximum absolute atomic E-state index is 12.9. The Kier molecular flexibility index (Phi) is 9.85. The molecular weight excluding hydrogens is 592 g/mol. The first kappa shape index (κ1) is 28.8. The molecule has 40 heavy (non-hydrogen) atoms. The average Bonchev–Trinajstić information content (AvgIpc) is 2.96. The van der Waals surface area contributed by atoms with Crippen molar-refractivity contribution in [3.63, 3.8) is 0 Å². The van der Waals surface area contributed by atoms with E-state index < -0.39 is 5.91 Å². The summed E-state index contributed by atoms with van der Waals surface area (Å²) in [4.78, 5) is 12.9. The van der Waals surface area contributed by atoms with Gasteiger partial charge in [0, 0.05) is 10.7 Å². The van der Waals surface area contributed by atoms with Gasteiger partial charge in [-0.3, -0.25) is 4.79 Å². The Morgan fingerprint density at radius 1 is 0.950 bits per heavy atom. The molecule has 0 radical (unpaired) electrons. The summed E-state index contributed by atoms with van der Waals surface area (Å²) in [6.45, 7) is 2.79. The van der Waals surface area contributed by atoms with Gasteiger partial charge in [-0.1, -0.05) is 53.6 Å². The highest BCUT2D eigenvalue weighted by molar-refractivity contribution is 9.10. The van der Waals surface area contributed by atoms with Crippen molar-refractivity contribution in [2.24, 2.45) is 0 Å². The molecule has 1 N–H and O–H groups in total. The van der Waals surface area contributed by atoms with Crippen LogP contribution in [0.2, 0.25) is 5.02 Å². The van der Waals surface area contributed by atoms with E-state index in [-0.39, 0.29) is 5.57 Å². The third kappa shape index (κ3) is 7.89. The maximum atomic E-state index is 12.9. The summed E-state index contributed by atoms with van der Waals surface area (Å²) in [6.07, 6.45) is 1.49.